The van der Waals surface area contributed by atoms with E-state index in [2.05, 4.69) is 66.9 Å². The molecule has 1 fully saturated rings. The molecule has 4 nitrogen and oxygen atoms in total. The van der Waals surface area contributed by atoms with Gasteiger partial charge in [-0.15, -0.1) is 0 Å². The maximum Gasteiger partial charge on any atom is 0.171 e. The summed E-state index contributed by atoms with van der Waals surface area (Å²) in [6.45, 7) is 7.96. The van der Waals surface area contributed by atoms with E-state index in [4.69, 9.17) is 17.0 Å². The highest BCUT2D eigenvalue weighted by Crippen LogP contribution is 2.16. The summed E-state index contributed by atoms with van der Waals surface area (Å²) in [5.41, 5.74) is 3.57. The molecule has 0 amide bonds. The highest BCUT2D eigenvalue weighted by molar-refractivity contribution is 7.80. The normalized spacial score (nSPS) is 17.3. The molecule has 0 spiro atoms. The van der Waals surface area contributed by atoms with Crippen LogP contribution in [0.3, 0.4) is 0 Å². The van der Waals surface area contributed by atoms with Crippen molar-refractivity contribution in [2.75, 3.05) is 31.6 Å². The third-order valence-electron chi connectivity index (χ3n) is 4.99. The number of para-hydroxylation sites is 1. The minimum Gasteiger partial charge on any atom is -0.370 e. The number of ether oxygens (including phenoxy) is 1. The lowest BCUT2D eigenvalue weighted by Crippen LogP contribution is -3.15. The molecule has 0 radical (unpaired) electrons. The zero-order valence-electron chi connectivity index (χ0n) is 15.5. The summed E-state index contributed by atoms with van der Waals surface area (Å²) in [5, 5.41) is 7.51. The smallest absolute Gasteiger partial charge is 0.171 e. The maximum atomic E-state index is 5.59. The van der Waals surface area contributed by atoms with Crippen molar-refractivity contribution in [1.82, 2.24) is 5.32 Å². The number of hydrogen-bond acceptors (Lipinski definition) is 2. The zero-order chi connectivity index (χ0) is 18.4. The van der Waals surface area contributed by atoms with Crippen LogP contribution >= 0.6 is 12.2 Å². The van der Waals surface area contributed by atoms with Crippen LogP contribution in [0, 0.1) is 6.92 Å². The Morgan fingerprint density at radius 3 is 2.38 bits per heavy atom. The second-order valence-electron chi connectivity index (χ2n) is 6.86. The van der Waals surface area contributed by atoms with E-state index in [1.54, 1.807) is 4.90 Å². The molecule has 26 heavy (non-hydrogen) atoms. The molecule has 0 aliphatic carbocycles. The number of quaternary nitrogens is 1. The van der Waals surface area contributed by atoms with Gasteiger partial charge in [0.2, 0.25) is 0 Å². The largest absolute Gasteiger partial charge is 0.370 e. The van der Waals surface area contributed by atoms with Gasteiger partial charge in [0, 0.05) is 11.3 Å². The van der Waals surface area contributed by atoms with Crippen LogP contribution in [0.25, 0.3) is 0 Å². The van der Waals surface area contributed by atoms with E-state index in [1.165, 1.54) is 11.1 Å². The number of hydrogen-bond donors (Lipinski definition) is 3. The van der Waals surface area contributed by atoms with E-state index in [0.29, 0.717) is 11.2 Å². The van der Waals surface area contributed by atoms with Crippen LogP contribution in [0.1, 0.15) is 24.1 Å². The first kappa shape index (κ1) is 18.8. The summed E-state index contributed by atoms with van der Waals surface area (Å²) in [4.78, 5) is 1.54. The van der Waals surface area contributed by atoms with Crippen LogP contribution in [-0.2, 0) is 4.74 Å². The van der Waals surface area contributed by atoms with Crippen molar-refractivity contribution in [1.29, 1.82) is 0 Å². The van der Waals surface area contributed by atoms with Crippen LogP contribution in [0.2, 0.25) is 0 Å². The lowest BCUT2D eigenvalue weighted by molar-refractivity contribution is -0.940. The number of thiocarbonyl (C=S) groups is 1. The number of morpholine rings is 1. The first-order chi connectivity index (χ1) is 12.6. The average molecular weight is 371 g/mol. The molecule has 0 unspecified atom stereocenters. The Balaban J connectivity index is 1.71. The summed E-state index contributed by atoms with van der Waals surface area (Å²) in [5.74, 6) is 0. The topological polar surface area (TPSA) is 37.7 Å². The highest BCUT2D eigenvalue weighted by Gasteiger charge is 2.31. The van der Waals surface area contributed by atoms with E-state index in [-0.39, 0.29) is 6.04 Å². The van der Waals surface area contributed by atoms with Gasteiger partial charge in [-0.2, -0.15) is 0 Å². The summed E-state index contributed by atoms with van der Waals surface area (Å²) >= 11 is 5.59. The third kappa shape index (κ3) is 4.81. The van der Waals surface area contributed by atoms with E-state index in [1.807, 2.05) is 12.1 Å². The van der Waals surface area contributed by atoms with Crippen LogP contribution in [0.4, 0.5) is 5.69 Å². The van der Waals surface area contributed by atoms with Crippen molar-refractivity contribution in [3.8, 4) is 0 Å². The van der Waals surface area contributed by atoms with Gasteiger partial charge in [0.25, 0.3) is 0 Å². The van der Waals surface area contributed by atoms with Gasteiger partial charge in [0.05, 0.1) is 19.3 Å². The summed E-state index contributed by atoms with van der Waals surface area (Å²) in [6, 6.07) is 19.4. The Morgan fingerprint density at radius 2 is 1.69 bits per heavy atom. The Kier molecular flexibility index (Phi) is 6.61. The maximum absolute atomic E-state index is 5.59. The molecule has 1 heterocycles. The Morgan fingerprint density at radius 1 is 1.04 bits per heavy atom. The minimum absolute atomic E-state index is 0.203. The number of benzene rings is 2. The van der Waals surface area contributed by atoms with Gasteiger partial charge in [-0.25, -0.2) is 0 Å². The van der Waals surface area contributed by atoms with Crippen molar-refractivity contribution in [3.63, 3.8) is 0 Å². The van der Waals surface area contributed by atoms with Crippen LogP contribution in [-0.4, -0.2) is 37.5 Å². The van der Waals surface area contributed by atoms with Crippen molar-refractivity contribution in [3.05, 3.63) is 65.7 Å². The first-order valence-electron chi connectivity index (χ1n) is 9.25. The SMILES string of the molecule is Cc1ccccc1NC(=S)N[C@@H](C)[C@H](c1ccccc1)[NH+]1CCOCC1. The number of aryl methyl sites for hydroxylation is 1. The van der Waals surface area contributed by atoms with E-state index in [0.717, 1.165) is 32.0 Å². The monoisotopic (exact) mass is 370 g/mol. The highest BCUT2D eigenvalue weighted by atomic mass is 32.1. The second-order valence-corrected chi connectivity index (χ2v) is 7.27. The van der Waals surface area contributed by atoms with Gasteiger partial charge >= 0.3 is 0 Å². The summed E-state index contributed by atoms with van der Waals surface area (Å²) in [7, 11) is 0. The number of nitrogens with one attached hydrogen (secondary N) is 3. The van der Waals surface area contributed by atoms with Gasteiger partial charge in [0.15, 0.2) is 5.11 Å². The molecule has 138 valence electrons. The van der Waals surface area contributed by atoms with Gasteiger partial charge in [0.1, 0.15) is 19.1 Å². The van der Waals surface area contributed by atoms with Gasteiger partial charge < -0.3 is 20.3 Å². The van der Waals surface area contributed by atoms with Crippen LogP contribution in [0.5, 0.6) is 0 Å². The Hall–Kier alpha value is -1.95. The van der Waals surface area contributed by atoms with Crippen molar-refractivity contribution in [2.24, 2.45) is 0 Å². The molecule has 3 N–H and O–H groups in total. The fraction of sp³-hybridized carbons (Fsp3) is 0.381. The molecule has 2 atom stereocenters. The molecule has 2 aromatic carbocycles. The molecule has 1 aliphatic rings. The van der Waals surface area contributed by atoms with Crippen molar-refractivity contribution in [2.45, 2.75) is 25.9 Å². The lowest BCUT2D eigenvalue weighted by atomic mass is 9.98. The van der Waals surface area contributed by atoms with E-state index >= 15 is 0 Å². The number of rotatable bonds is 5. The quantitative estimate of drug-likeness (QED) is 0.707. The van der Waals surface area contributed by atoms with Crippen LogP contribution < -0.4 is 15.5 Å². The van der Waals surface area contributed by atoms with E-state index < -0.39 is 0 Å². The molecule has 5 heteroatoms. The second kappa shape index (κ2) is 9.12. The zero-order valence-corrected chi connectivity index (χ0v) is 16.3. The van der Waals surface area contributed by atoms with Crippen molar-refractivity contribution < 1.29 is 9.64 Å². The molecule has 3 rings (SSSR count). The van der Waals surface area contributed by atoms with Gasteiger partial charge in [-0.3, -0.25) is 0 Å². The molecule has 0 aromatic heterocycles. The minimum atomic E-state index is 0.203. The Labute approximate surface area is 161 Å². The van der Waals surface area contributed by atoms with E-state index in [9.17, 15) is 0 Å². The van der Waals surface area contributed by atoms with Gasteiger partial charge in [-0.1, -0.05) is 48.5 Å². The predicted molar refractivity (Wildman–Crippen MR) is 111 cm³/mol. The molecule has 0 bridgehead atoms. The molecule has 1 aliphatic heterocycles. The predicted octanol–water partition coefficient (Wildman–Crippen LogP) is 2.33. The molecular weight excluding hydrogens is 342 g/mol. The lowest BCUT2D eigenvalue weighted by Gasteiger charge is -2.35. The molecule has 1 saturated heterocycles. The first-order valence-corrected chi connectivity index (χ1v) is 9.66. The average Bonchev–Trinajstić information content (AvgIpc) is 2.65. The van der Waals surface area contributed by atoms with Gasteiger partial charge in [-0.05, 0) is 37.7 Å². The standard InChI is InChI=1S/C21H27N3OS/c1-16-8-6-7-11-19(16)23-21(26)22-17(2)20(18-9-4-3-5-10-18)24-12-14-25-15-13-24/h3-11,17,20H,12-15H2,1-2H3,(H2,22,23,26)/p+1/t17-,20+/m0/s1. The van der Waals surface area contributed by atoms with Crippen molar-refractivity contribution >= 4 is 23.0 Å². The fourth-order valence-corrected chi connectivity index (χ4v) is 3.94. The summed E-state index contributed by atoms with van der Waals surface area (Å²) < 4.78 is 5.56. The summed E-state index contributed by atoms with van der Waals surface area (Å²) in [6.07, 6.45) is 0. The molecular formula is C21H28N3OS+. The third-order valence-corrected chi connectivity index (χ3v) is 5.21. The molecule has 0 saturated carbocycles. The number of anilines is 1. The fourth-order valence-electron chi connectivity index (χ4n) is 3.64. The van der Waals surface area contributed by atoms with Crippen LogP contribution in [0.15, 0.2) is 54.6 Å². The molecule has 2 aromatic rings. The Bertz CT molecular complexity index is 716.